The Bertz CT molecular complexity index is 389. The number of nitrogens with one attached hydrogen (secondary N) is 2. The maximum atomic E-state index is 5.53. The molecule has 5 nitrogen and oxygen atoms in total. The SMILES string of the molecule is CN=C(NCCCCC(C)C)NCCCOCc1ccco1. The van der Waals surface area contributed by atoms with Crippen molar-refractivity contribution in [3.63, 3.8) is 0 Å². The molecular weight excluding hydrogens is 278 g/mol. The second-order valence-corrected chi connectivity index (χ2v) is 5.80. The molecule has 0 fully saturated rings. The van der Waals surface area contributed by atoms with Crippen LogP contribution in [-0.2, 0) is 11.3 Å². The first-order valence-corrected chi connectivity index (χ1v) is 8.27. The first-order valence-electron chi connectivity index (χ1n) is 8.27. The van der Waals surface area contributed by atoms with Crippen LogP contribution in [0.5, 0.6) is 0 Å². The van der Waals surface area contributed by atoms with Crippen LogP contribution in [0.1, 0.15) is 45.3 Å². The Morgan fingerprint density at radius 1 is 1.23 bits per heavy atom. The first kappa shape index (κ1) is 18.6. The zero-order chi connectivity index (χ0) is 16.0. The number of rotatable bonds is 11. The second kappa shape index (κ2) is 12.1. The predicted molar refractivity (Wildman–Crippen MR) is 91.0 cm³/mol. The van der Waals surface area contributed by atoms with Crippen molar-refractivity contribution in [2.24, 2.45) is 10.9 Å². The van der Waals surface area contributed by atoms with Crippen molar-refractivity contribution < 1.29 is 9.15 Å². The van der Waals surface area contributed by atoms with Gasteiger partial charge in [-0.15, -0.1) is 0 Å². The molecule has 0 aromatic carbocycles. The summed E-state index contributed by atoms with van der Waals surface area (Å²) in [7, 11) is 1.80. The molecule has 0 saturated heterocycles. The van der Waals surface area contributed by atoms with Crippen LogP contribution in [0.4, 0.5) is 0 Å². The van der Waals surface area contributed by atoms with E-state index in [4.69, 9.17) is 9.15 Å². The highest BCUT2D eigenvalue weighted by Gasteiger charge is 1.99. The molecular formula is C17H31N3O2. The van der Waals surface area contributed by atoms with Crippen LogP contribution in [0.2, 0.25) is 0 Å². The van der Waals surface area contributed by atoms with Crippen LogP contribution >= 0.6 is 0 Å². The van der Waals surface area contributed by atoms with E-state index in [2.05, 4.69) is 29.5 Å². The van der Waals surface area contributed by atoms with Gasteiger partial charge in [0.1, 0.15) is 12.4 Å². The monoisotopic (exact) mass is 309 g/mol. The zero-order valence-corrected chi connectivity index (χ0v) is 14.2. The first-order chi connectivity index (χ1) is 10.7. The molecule has 0 amide bonds. The van der Waals surface area contributed by atoms with Gasteiger partial charge in [0.25, 0.3) is 0 Å². The summed E-state index contributed by atoms with van der Waals surface area (Å²) in [4.78, 5) is 4.22. The van der Waals surface area contributed by atoms with Crippen molar-refractivity contribution in [1.29, 1.82) is 0 Å². The van der Waals surface area contributed by atoms with E-state index in [1.807, 2.05) is 12.1 Å². The largest absolute Gasteiger partial charge is 0.467 e. The Balaban J connectivity index is 1.95. The number of aliphatic imine (C=N–C) groups is 1. The number of ether oxygens (including phenoxy) is 1. The quantitative estimate of drug-likeness (QED) is 0.374. The molecule has 0 bridgehead atoms. The molecule has 0 aliphatic rings. The smallest absolute Gasteiger partial charge is 0.190 e. The van der Waals surface area contributed by atoms with Crippen molar-refractivity contribution in [2.45, 2.75) is 46.1 Å². The maximum absolute atomic E-state index is 5.53. The van der Waals surface area contributed by atoms with Gasteiger partial charge < -0.3 is 19.8 Å². The minimum atomic E-state index is 0.538. The highest BCUT2D eigenvalue weighted by atomic mass is 16.5. The number of unbranched alkanes of at least 4 members (excludes halogenated alkanes) is 1. The van der Waals surface area contributed by atoms with Crippen LogP contribution in [0.3, 0.4) is 0 Å². The molecule has 1 aromatic rings. The van der Waals surface area contributed by atoms with Crippen molar-refractivity contribution >= 4 is 5.96 Å². The highest BCUT2D eigenvalue weighted by Crippen LogP contribution is 2.05. The molecule has 0 atom stereocenters. The lowest BCUT2D eigenvalue weighted by Crippen LogP contribution is -2.38. The lowest BCUT2D eigenvalue weighted by molar-refractivity contribution is 0.105. The molecule has 0 aliphatic carbocycles. The van der Waals surface area contributed by atoms with E-state index >= 15 is 0 Å². The number of guanidine groups is 1. The van der Waals surface area contributed by atoms with Gasteiger partial charge in [-0.25, -0.2) is 0 Å². The van der Waals surface area contributed by atoms with Gasteiger partial charge in [0.15, 0.2) is 5.96 Å². The average molecular weight is 309 g/mol. The van der Waals surface area contributed by atoms with Gasteiger partial charge in [-0.3, -0.25) is 4.99 Å². The van der Waals surface area contributed by atoms with E-state index in [9.17, 15) is 0 Å². The molecule has 1 heterocycles. The summed E-state index contributed by atoms with van der Waals surface area (Å²) in [5.41, 5.74) is 0. The number of nitrogens with zero attached hydrogens (tertiary/aromatic N) is 1. The Kier molecular flexibility index (Phi) is 10.2. The Morgan fingerprint density at radius 2 is 2.00 bits per heavy atom. The van der Waals surface area contributed by atoms with Crippen molar-refractivity contribution in [3.05, 3.63) is 24.2 Å². The van der Waals surface area contributed by atoms with E-state index in [0.717, 1.165) is 37.1 Å². The molecule has 0 spiro atoms. The fraction of sp³-hybridized carbons (Fsp3) is 0.706. The number of hydrogen-bond donors (Lipinski definition) is 2. The van der Waals surface area contributed by atoms with E-state index in [1.54, 1.807) is 13.3 Å². The molecule has 0 saturated carbocycles. The highest BCUT2D eigenvalue weighted by molar-refractivity contribution is 5.79. The van der Waals surface area contributed by atoms with E-state index in [-0.39, 0.29) is 0 Å². The lowest BCUT2D eigenvalue weighted by Gasteiger charge is -2.12. The van der Waals surface area contributed by atoms with Crippen molar-refractivity contribution in [1.82, 2.24) is 10.6 Å². The topological polar surface area (TPSA) is 58.8 Å². The number of hydrogen-bond acceptors (Lipinski definition) is 3. The normalized spacial score (nSPS) is 11.9. The van der Waals surface area contributed by atoms with Crippen LogP contribution in [0.25, 0.3) is 0 Å². The number of furan rings is 1. The van der Waals surface area contributed by atoms with E-state index in [0.29, 0.717) is 13.2 Å². The Hall–Kier alpha value is -1.49. The molecule has 0 unspecified atom stereocenters. The molecule has 5 heteroatoms. The third kappa shape index (κ3) is 9.45. The van der Waals surface area contributed by atoms with Gasteiger partial charge in [-0.2, -0.15) is 0 Å². The lowest BCUT2D eigenvalue weighted by atomic mass is 10.1. The third-order valence-corrected chi connectivity index (χ3v) is 3.31. The van der Waals surface area contributed by atoms with Crippen molar-refractivity contribution in [2.75, 3.05) is 26.7 Å². The molecule has 126 valence electrons. The van der Waals surface area contributed by atoms with E-state index in [1.165, 1.54) is 19.3 Å². The maximum Gasteiger partial charge on any atom is 0.190 e. The predicted octanol–water partition coefficient (Wildman–Crippen LogP) is 3.18. The van der Waals surface area contributed by atoms with Gasteiger partial charge in [-0.1, -0.05) is 26.7 Å². The molecule has 2 N–H and O–H groups in total. The van der Waals surface area contributed by atoms with Crippen molar-refractivity contribution in [3.8, 4) is 0 Å². The summed E-state index contributed by atoms with van der Waals surface area (Å²) in [6.45, 7) is 7.60. The summed E-state index contributed by atoms with van der Waals surface area (Å²) >= 11 is 0. The average Bonchev–Trinajstić information content (AvgIpc) is 3.01. The van der Waals surface area contributed by atoms with Gasteiger partial charge in [0.05, 0.1) is 6.26 Å². The standard InChI is InChI=1S/C17H31N3O2/c1-15(2)8-4-5-10-19-17(18-3)20-11-7-12-21-14-16-9-6-13-22-16/h6,9,13,15H,4-5,7-8,10-12,14H2,1-3H3,(H2,18,19,20). The van der Waals surface area contributed by atoms with Gasteiger partial charge >= 0.3 is 0 Å². The Labute approximate surface area is 134 Å². The summed E-state index contributed by atoms with van der Waals surface area (Å²) in [6, 6.07) is 3.79. The van der Waals surface area contributed by atoms with Crippen LogP contribution < -0.4 is 10.6 Å². The van der Waals surface area contributed by atoms with Crippen LogP contribution in [0, 0.1) is 5.92 Å². The fourth-order valence-electron chi connectivity index (χ4n) is 2.05. The molecule has 0 radical (unpaired) electrons. The summed E-state index contributed by atoms with van der Waals surface area (Å²) in [5, 5.41) is 6.64. The third-order valence-electron chi connectivity index (χ3n) is 3.31. The van der Waals surface area contributed by atoms with Crippen LogP contribution in [-0.4, -0.2) is 32.7 Å². The summed E-state index contributed by atoms with van der Waals surface area (Å²) in [5.74, 6) is 2.53. The molecule has 1 rings (SSSR count). The van der Waals surface area contributed by atoms with Gasteiger partial charge in [0, 0.05) is 26.7 Å². The van der Waals surface area contributed by atoms with Crippen LogP contribution in [0.15, 0.2) is 27.8 Å². The molecule has 0 aliphatic heterocycles. The molecule has 1 aromatic heterocycles. The van der Waals surface area contributed by atoms with Gasteiger partial charge in [0.2, 0.25) is 0 Å². The molecule has 22 heavy (non-hydrogen) atoms. The van der Waals surface area contributed by atoms with Gasteiger partial charge in [-0.05, 0) is 30.9 Å². The fourth-order valence-corrected chi connectivity index (χ4v) is 2.05. The minimum Gasteiger partial charge on any atom is -0.467 e. The van der Waals surface area contributed by atoms with E-state index < -0.39 is 0 Å². The second-order valence-electron chi connectivity index (χ2n) is 5.80. The zero-order valence-electron chi connectivity index (χ0n) is 14.2. The summed E-state index contributed by atoms with van der Waals surface area (Å²) < 4.78 is 10.7. The summed E-state index contributed by atoms with van der Waals surface area (Å²) in [6.07, 6.45) is 6.35. The Morgan fingerprint density at radius 3 is 2.64 bits per heavy atom. The minimum absolute atomic E-state index is 0.538.